The van der Waals surface area contributed by atoms with Gasteiger partial charge in [-0.1, -0.05) is 12.1 Å². The van der Waals surface area contributed by atoms with E-state index in [4.69, 9.17) is 5.73 Å². The molecule has 0 saturated carbocycles. The molecule has 2 N–H and O–H groups in total. The maximum absolute atomic E-state index is 11.4. The van der Waals surface area contributed by atoms with Crippen LogP contribution in [0.15, 0.2) is 35.4 Å². The Morgan fingerprint density at radius 2 is 1.89 bits per heavy atom. The van der Waals surface area contributed by atoms with E-state index in [1.54, 1.807) is 28.9 Å². The molecule has 96 valence electrons. The lowest BCUT2D eigenvalue weighted by Gasteiger charge is -2.02. The Morgan fingerprint density at radius 1 is 1.28 bits per heavy atom. The van der Waals surface area contributed by atoms with Crippen molar-refractivity contribution in [1.82, 2.24) is 9.78 Å². The molecule has 0 fully saturated rings. The maximum Gasteiger partial charge on any atom is 0.175 e. The van der Waals surface area contributed by atoms with Crippen molar-refractivity contribution < 1.29 is 8.42 Å². The summed E-state index contributed by atoms with van der Waals surface area (Å²) >= 11 is 0. The molecule has 2 rings (SSSR count). The van der Waals surface area contributed by atoms with E-state index in [-0.39, 0.29) is 0 Å². The van der Waals surface area contributed by atoms with Crippen LogP contribution in [0.3, 0.4) is 0 Å². The number of hydrogen-bond acceptors (Lipinski definition) is 4. The molecule has 2 aromatic rings. The third kappa shape index (κ3) is 2.44. The van der Waals surface area contributed by atoms with E-state index in [1.807, 2.05) is 13.2 Å². The Labute approximate surface area is 106 Å². The topological polar surface area (TPSA) is 78.0 Å². The summed E-state index contributed by atoms with van der Waals surface area (Å²) in [6.45, 7) is 0.351. The molecule has 18 heavy (non-hydrogen) atoms. The van der Waals surface area contributed by atoms with E-state index in [1.165, 1.54) is 6.26 Å². The highest BCUT2D eigenvalue weighted by atomic mass is 32.2. The fourth-order valence-electron chi connectivity index (χ4n) is 1.81. The monoisotopic (exact) mass is 265 g/mol. The van der Waals surface area contributed by atoms with Crippen LogP contribution in [0.25, 0.3) is 11.1 Å². The van der Waals surface area contributed by atoms with Gasteiger partial charge < -0.3 is 5.73 Å². The average Bonchev–Trinajstić information content (AvgIpc) is 2.69. The molecule has 0 aliphatic rings. The van der Waals surface area contributed by atoms with Gasteiger partial charge in [0.1, 0.15) is 0 Å². The van der Waals surface area contributed by atoms with Crippen molar-refractivity contribution in [2.75, 3.05) is 6.26 Å². The molecule has 0 atom stereocenters. The van der Waals surface area contributed by atoms with Gasteiger partial charge in [0.2, 0.25) is 0 Å². The molecule has 0 bridgehead atoms. The number of benzene rings is 1. The molecule has 1 aromatic carbocycles. The van der Waals surface area contributed by atoms with Crippen LogP contribution in [0.4, 0.5) is 0 Å². The zero-order chi connectivity index (χ0) is 13.3. The molecule has 0 radical (unpaired) electrons. The van der Waals surface area contributed by atoms with Gasteiger partial charge in [0, 0.05) is 31.6 Å². The summed E-state index contributed by atoms with van der Waals surface area (Å²) in [6, 6.07) is 6.73. The van der Waals surface area contributed by atoms with Crippen molar-refractivity contribution in [2.24, 2.45) is 12.8 Å². The SMILES string of the molecule is Cn1cc(-c2ccc(S(C)(=O)=O)cc2)c(CN)n1. The first-order valence-electron chi connectivity index (χ1n) is 5.45. The van der Waals surface area contributed by atoms with E-state index >= 15 is 0 Å². The minimum atomic E-state index is -3.16. The predicted octanol–water partition coefficient (Wildman–Crippen LogP) is 0.949. The van der Waals surface area contributed by atoms with Crippen LogP contribution in [0, 0.1) is 0 Å². The Kier molecular flexibility index (Phi) is 3.23. The van der Waals surface area contributed by atoms with E-state index in [0.717, 1.165) is 16.8 Å². The minimum absolute atomic E-state index is 0.310. The zero-order valence-electron chi connectivity index (χ0n) is 10.3. The van der Waals surface area contributed by atoms with Crippen LogP contribution in [0.1, 0.15) is 5.69 Å². The Bertz CT molecular complexity index is 657. The van der Waals surface area contributed by atoms with Gasteiger partial charge in [-0.05, 0) is 17.7 Å². The van der Waals surface area contributed by atoms with Gasteiger partial charge in [-0.15, -0.1) is 0 Å². The van der Waals surface area contributed by atoms with Crippen molar-refractivity contribution in [3.63, 3.8) is 0 Å². The fourth-order valence-corrected chi connectivity index (χ4v) is 2.44. The number of aryl methyl sites for hydroxylation is 1. The van der Waals surface area contributed by atoms with E-state index in [9.17, 15) is 8.42 Å². The van der Waals surface area contributed by atoms with Gasteiger partial charge in [-0.3, -0.25) is 4.68 Å². The smallest absolute Gasteiger partial charge is 0.175 e. The van der Waals surface area contributed by atoms with Crippen LogP contribution in [-0.4, -0.2) is 24.5 Å². The van der Waals surface area contributed by atoms with Crippen molar-refractivity contribution in [3.05, 3.63) is 36.2 Å². The number of rotatable bonds is 3. The lowest BCUT2D eigenvalue weighted by atomic mass is 10.1. The summed E-state index contributed by atoms with van der Waals surface area (Å²) in [5, 5.41) is 4.25. The summed E-state index contributed by atoms with van der Waals surface area (Å²) in [5.74, 6) is 0. The predicted molar refractivity (Wildman–Crippen MR) is 69.6 cm³/mol. The number of nitrogens with zero attached hydrogens (tertiary/aromatic N) is 2. The summed E-state index contributed by atoms with van der Waals surface area (Å²) in [6.07, 6.45) is 3.06. The number of sulfone groups is 1. The third-order valence-electron chi connectivity index (χ3n) is 2.69. The van der Waals surface area contributed by atoms with Crippen LogP contribution >= 0.6 is 0 Å². The van der Waals surface area contributed by atoms with Crippen molar-refractivity contribution >= 4 is 9.84 Å². The molecule has 0 aliphatic carbocycles. The van der Waals surface area contributed by atoms with Gasteiger partial charge in [-0.25, -0.2) is 8.42 Å². The van der Waals surface area contributed by atoms with Crippen LogP contribution < -0.4 is 5.73 Å². The molecular formula is C12H15N3O2S. The Hall–Kier alpha value is -1.66. The lowest BCUT2D eigenvalue weighted by molar-refractivity contribution is 0.602. The summed E-state index contributed by atoms with van der Waals surface area (Å²) in [5.41, 5.74) is 8.27. The normalized spacial score (nSPS) is 11.7. The second-order valence-electron chi connectivity index (χ2n) is 4.16. The van der Waals surface area contributed by atoms with Crippen LogP contribution in [-0.2, 0) is 23.4 Å². The second kappa shape index (κ2) is 4.55. The zero-order valence-corrected chi connectivity index (χ0v) is 11.1. The first kappa shape index (κ1) is 12.8. The molecule has 5 nitrogen and oxygen atoms in total. The minimum Gasteiger partial charge on any atom is -0.325 e. The first-order valence-corrected chi connectivity index (χ1v) is 7.34. The summed E-state index contributed by atoms with van der Waals surface area (Å²) in [7, 11) is -1.33. The van der Waals surface area contributed by atoms with Gasteiger partial charge in [0.05, 0.1) is 10.6 Å². The first-order chi connectivity index (χ1) is 8.41. The molecular weight excluding hydrogens is 250 g/mol. The molecule has 0 aliphatic heterocycles. The van der Waals surface area contributed by atoms with Crippen LogP contribution in [0.5, 0.6) is 0 Å². The Balaban J connectivity index is 2.46. The highest BCUT2D eigenvalue weighted by molar-refractivity contribution is 7.90. The van der Waals surface area contributed by atoms with Gasteiger partial charge in [0.25, 0.3) is 0 Å². The molecule has 0 saturated heterocycles. The molecule has 1 aromatic heterocycles. The average molecular weight is 265 g/mol. The summed E-state index contributed by atoms with van der Waals surface area (Å²) in [4.78, 5) is 0.310. The quantitative estimate of drug-likeness (QED) is 0.896. The van der Waals surface area contributed by atoms with Gasteiger partial charge >= 0.3 is 0 Å². The molecule has 0 unspecified atom stereocenters. The molecule has 1 heterocycles. The number of hydrogen-bond donors (Lipinski definition) is 1. The second-order valence-corrected chi connectivity index (χ2v) is 6.18. The fraction of sp³-hybridized carbons (Fsp3) is 0.250. The largest absolute Gasteiger partial charge is 0.325 e. The van der Waals surface area contributed by atoms with Crippen molar-refractivity contribution in [1.29, 1.82) is 0 Å². The van der Waals surface area contributed by atoms with Crippen molar-refractivity contribution in [2.45, 2.75) is 11.4 Å². The standard InChI is InChI=1S/C12H15N3O2S/c1-15-8-11(12(7-13)14-15)9-3-5-10(6-4-9)18(2,16)17/h3-6,8H,7,13H2,1-2H3. The van der Waals surface area contributed by atoms with Crippen LogP contribution in [0.2, 0.25) is 0 Å². The molecule has 6 heteroatoms. The van der Waals surface area contributed by atoms with Crippen molar-refractivity contribution in [3.8, 4) is 11.1 Å². The lowest BCUT2D eigenvalue weighted by Crippen LogP contribution is -2.00. The Morgan fingerprint density at radius 3 is 2.39 bits per heavy atom. The van der Waals surface area contributed by atoms with E-state index in [2.05, 4.69) is 5.10 Å². The number of nitrogens with two attached hydrogens (primary N) is 1. The highest BCUT2D eigenvalue weighted by Crippen LogP contribution is 2.24. The van der Waals surface area contributed by atoms with E-state index < -0.39 is 9.84 Å². The molecule has 0 spiro atoms. The number of aromatic nitrogens is 2. The maximum atomic E-state index is 11.4. The summed E-state index contributed by atoms with van der Waals surface area (Å²) < 4.78 is 24.4. The van der Waals surface area contributed by atoms with E-state index in [0.29, 0.717) is 11.4 Å². The molecule has 0 amide bonds. The highest BCUT2D eigenvalue weighted by Gasteiger charge is 2.10. The van der Waals surface area contributed by atoms with Gasteiger partial charge in [-0.2, -0.15) is 5.10 Å². The van der Waals surface area contributed by atoms with Gasteiger partial charge in [0.15, 0.2) is 9.84 Å². The third-order valence-corrected chi connectivity index (χ3v) is 3.82.